The number of benzene rings is 1. The summed E-state index contributed by atoms with van der Waals surface area (Å²) in [5.74, 6) is 0.802. The maximum atomic E-state index is 5.89. The smallest absolute Gasteiger partial charge is 0.185 e. The van der Waals surface area contributed by atoms with Crippen LogP contribution in [0.15, 0.2) is 35.7 Å². The summed E-state index contributed by atoms with van der Waals surface area (Å²) in [6, 6.07) is 10.9. The van der Waals surface area contributed by atoms with E-state index in [1.807, 2.05) is 6.92 Å². The molecular weight excluding hydrogens is 278 g/mol. The molecule has 21 heavy (non-hydrogen) atoms. The number of anilines is 1. The maximum Gasteiger partial charge on any atom is 0.185 e. The van der Waals surface area contributed by atoms with Crippen LogP contribution < -0.4 is 10.6 Å². The molecule has 3 nitrogen and oxygen atoms in total. The molecule has 2 N–H and O–H groups in total. The molecule has 112 valence electrons. The Balaban J connectivity index is 1.55. The summed E-state index contributed by atoms with van der Waals surface area (Å²) in [7, 11) is 0. The van der Waals surface area contributed by atoms with Gasteiger partial charge in [-0.2, -0.15) is 0 Å². The molecule has 1 fully saturated rings. The molecule has 1 aliphatic rings. The molecular formula is C17H23N3S. The standard InChI is InChI=1S/C17H23N3S/c1-13(18)16-12-21-17(19-16)20-9-7-15(8-10-20)11-14-5-3-2-4-6-14/h2-6,12-13,15H,7-11,18H2,1H3. The molecule has 0 spiro atoms. The number of hydrogen-bond donors (Lipinski definition) is 1. The second-order valence-electron chi connectivity index (χ2n) is 5.96. The Morgan fingerprint density at radius 1 is 1.29 bits per heavy atom. The fourth-order valence-corrected chi connectivity index (χ4v) is 3.89. The number of hydrogen-bond acceptors (Lipinski definition) is 4. The van der Waals surface area contributed by atoms with Crippen LogP contribution in [-0.2, 0) is 6.42 Å². The van der Waals surface area contributed by atoms with Gasteiger partial charge in [-0.25, -0.2) is 4.98 Å². The quantitative estimate of drug-likeness (QED) is 0.938. The van der Waals surface area contributed by atoms with Crippen molar-refractivity contribution in [3.63, 3.8) is 0 Å². The second-order valence-corrected chi connectivity index (χ2v) is 6.80. The number of thiazole rings is 1. The van der Waals surface area contributed by atoms with Crippen molar-refractivity contribution in [2.45, 2.75) is 32.2 Å². The predicted octanol–water partition coefficient (Wildman–Crippen LogP) is 3.62. The summed E-state index contributed by atoms with van der Waals surface area (Å²) in [5.41, 5.74) is 8.37. The van der Waals surface area contributed by atoms with E-state index in [1.165, 1.54) is 24.8 Å². The Kier molecular flexibility index (Phi) is 4.56. The number of aromatic nitrogens is 1. The lowest BCUT2D eigenvalue weighted by Gasteiger charge is -2.31. The highest BCUT2D eigenvalue weighted by molar-refractivity contribution is 7.13. The summed E-state index contributed by atoms with van der Waals surface area (Å²) in [6.45, 7) is 4.22. The zero-order valence-electron chi connectivity index (χ0n) is 12.5. The van der Waals surface area contributed by atoms with Crippen LogP contribution in [0.2, 0.25) is 0 Å². The van der Waals surface area contributed by atoms with Crippen LogP contribution in [0.25, 0.3) is 0 Å². The van der Waals surface area contributed by atoms with Gasteiger partial charge in [0.15, 0.2) is 5.13 Å². The topological polar surface area (TPSA) is 42.1 Å². The van der Waals surface area contributed by atoms with Gasteiger partial charge in [0.25, 0.3) is 0 Å². The van der Waals surface area contributed by atoms with Gasteiger partial charge < -0.3 is 10.6 Å². The van der Waals surface area contributed by atoms with Gasteiger partial charge in [-0.3, -0.25) is 0 Å². The average Bonchev–Trinajstić information content (AvgIpc) is 2.99. The highest BCUT2D eigenvalue weighted by Gasteiger charge is 2.21. The van der Waals surface area contributed by atoms with Gasteiger partial charge in [-0.1, -0.05) is 30.3 Å². The van der Waals surface area contributed by atoms with E-state index in [1.54, 1.807) is 11.3 Å². The number of rotatable bonds is 4. The number of nitrogens with two attached hydrogens (primary N) is 1. The number of nitrogens with zero attached hydrogens (tertiary/aromatic N) is 2. The van der Waals surface area contributed by atoms with Crippen molar-refractivity contribution in [2.24, 2.45) is 11.7 Å². The molecule has 3 rings (SSSR count). The van der Waals surface area contributed by atoms with Crippen molar-refractivity contribution >= 4 is 16.5 Å². The van der Waals surface area contributed by atoms with Crippen molar-refractivity contribution in [1.82, 2.24) is 4.98 Å². The third-order valence-corrected chi connectivity index (χ3v) is 5.15. The van der Waals surface area contributed by atoms with Gasteiger partial charge in [-0.05, 0) is 37.7 Å². The molecule has 1 aromatic heterocycles. The van der Waals surface area contributed by atoms with Crippen molar-refractivity contribution in [3.8, 4) is 0 Å². The van der Waals surface area contributed by atoms with Gasteiger partial charge >= 0.3 is 0 Å². The van der Waals surface area contributed by atoms with Crippen molar-refractivity contribution in [3.05, 3.63) is 47.0 Å². The first kappa shape index (κ1) is 14.5. The third-order valence-electron chi connectivity index (χ3n) is 4.23. The van der Waals surface area contributed by atoms with Crippen LogP contribution in [0.5, 0.6) is 0 Å². The Morgan fingerprint density at radius 3 is 2.62 bits per heavy atom. The summed E-state index contributed by atoms with van der Waals surface area (Å²) in [4.78, 5) is 7.08. The second kappa shape index (κ2) is 6.58. The van der Waals surface area contributed by atoms with Crippen molar-refractivity contribution in [2.75, 3.05) is 18.0 Å². The van der Waals surface area contributed by atoms with E-state index < -0.39 is 0 Å². The molecule has 0 aliphatic carbocycles. The lowest BCUT2D eigenvalue weighted by atomic mass is 9.90. The molecule has 1 aliphatic heterocycles. The normalized spacial score (nSPS) is 17.9. The third kappa shape index (κ3) is 3.63. The van der Waals surface area contributed by atoms with Crippen LogP contribution >= 0.6 is 11.3 Å². The molecule has 0 bridgehead atoms. The fraction of sp³-hybridized carbons (Fsp3) is 0.471. The van der Waals surface area contributed by atoms with E-state index in [4.69, 9.17) is 5.73 Å². The zero-order chi connectivity index (χ0) is 14.7. The van der Waals surface area contributed by atoms with E-state index >= 15 is 0 Å². The molecule has 2 aromatic rings. The molecule has 1 aromatic carbocycles. The molecule has 0 amide bonds. The van der Waals surface area contributed by atoms with E-state index in [0.29, 0.717) is 0 Å². The van der Waals surface area contributed by atoms with Gasteiger partial charge in [0.1, 0.15) is 0 Å². The molecule has 1 unspecified atom stereocenters. The largest absolute Gasteiger partial charge is 0.348 e. The minimum Gasteiger partial charge on any atom is -0.348 e. The summed E-state index contributed by atoms with van der Waals surface area (Å²) in [5, 5.41) is 3.23. The van der Waals surface area contributed by atoms with Crippen LogP contribution in [0.3, 0.4) is 0 Å². The van der Waals surface area contributed by atoms with Crippen LogP contribution in [-0.4, -0.2) is 18.1 Å². The first-order valence-electron chi connectivity index (χ1n) is 7.72. The Labute approximate surface area is 130 Å². The lowest BCUT2D eigenvalue weighted by Crippen LogP contribution is -2.34. The first-order chi connectivity index (χ1) is 10.2. The van der Waals surface area contributed by atoms with Crippen molar-refractivity contribution < 1.29 is 0 Å². The average molecular weight is 301 g/mol. The first-order valence-corrected chi connectivity index (χ1v) is 8.60. The molecule has 2 heterocycles. The van der Waals surface area contributed by atoms with E-state index in [0.717, 1.165) is 29.8 Å². The maximum absolute atomic E-state index is 5.89. The lowest BCUT2D eigenvalue weighted by molar-refractivity contribution is 0.403. The zero-order valence-corrected chi connectivity index (χ0v) is 13.4. The summed E-state index contributed by atoms with van der Waals surface area (Å²) < 4.78 is 0. The van der Waals surface area contributed by atoms with E-state index in [9.17, 15) is 0 Å². The Hall–Kier alpha value is -1.39. The number of piperidine rings is 1. The van der Waals surface area contributed by atoms with Gasteiger partial charge in [0, 0.05) is 24.5 Å². The van der Waals surface area contributed by atoms with Gasteiger partial charge in [-0.15, -0.1) is 11.3 Å². The van der Waals surface area contributed by atoms with Gasteiger partial charge in [0.2, 0.25) is 0 Å². The Bertz CT molecular complexity index is 556. The SMILES string of the molecule is CC(N)c1csc(N2CCC(Cc3ccccc3)CC2)n1. The van der Waals surface area contributed by atoms with E-state index in [-0.39, 0.29) is 6.04 Å². The van der Waals surface area contributed by atoms with Crippen LogP contribution in [0.1, 0.15) is 37.1 Å². The van der Waals surface area contributed by atoms with Crippen molar-refractivity contribution in [1.29, 1.82) is 0 Å². The van der Waals surface area contributed by atoms with Crippen LogP contribution in [0.4, 0.5) is 5.13 Å². The summed E-state index contributed by atoms with van der Waals surface area (Å²) >= 11 is 1.72. The Morgan fingerprint density at radius 2 is 2.00 bits per heavy atom. The highest BCUT2D eigenvalue weighted by atomic mass is 32.1. The molecule has 0 saturated carbocycles. The monoisotopic (exact) mass is 301 g/mol. The predicted molar refractivity (Wildman–Crippen MR) is 89.8 cm³/mol. The van der Waals surface area contributed by atoms with E-state index in [2.05, 4.69) is 45.6 Å². The summed E-state index contributed by atoms with van der Waals surface area (Å²) in [6.07, 6.45) is 3.71. The highest BCUT2D eigenvalue weighted by Crippen LogP contribution is 2.29. The molecule has 1 saturated heterocycles. The van der Waals surface area contributed by atoms with Gasteiger partial charge in [0.05, 0.1) is 5.69 Å². The minimum atomic E-state index is 0.0330. The molecule has 4 heteroatoms. The minimum absolute atomic E-state index is 0.0330. The fourth-order valence-electron chi connectivity index (χ4n) is 2.91. The molecule has 1 atom stereocenters. The molecule has 0 radical (unpaired) electrons. The van der Waals surface area contributed by atoms with Crippen LogP contribution in [0, 0.1) is 5.92 Å².